The lowest BCUT2D eigenvalue weighted by Crippen LogP contribution is -2.24. The molecule has 8 bridgehead atoms. The monoisotopic (exact) mass is 328 g/mol. The highest BCUT2D eigenvalue weighted by atomic mass is 16.5. The predicted octanol–water partition coefficient (Wildman–Crippen LogP) is 0.338. The molecule has 0 atom stereocenters. The van der Waals surface area contributed by atoms with E-state index >= 15 is 0 Å². The number of hydrogen-bond donors (Lipinski definition) is 4. The van der Waals surface area contributed by atoms with E-state index in [1.54, 1.807) is 0 Å². The average molecular weight is 328 g/mol. The van der Waals surface area contributed by atoms with Crippen LogP contribution in [0, 0.1) is 0 Å². The van der Waals surface area contributed by atoms with Gasteiger partial charge in [-0.15, -0.1) is 0 Å². The van der Waals surface area contributed by atoms with Crippen LogP contribution >= 0.6 is 0 Å². The number of rotatable bonds is 0. The van der Waals surface area contributed by atoms with Crippen molar-refractivity contribution >= 4 is 24.3 Å². The molecule has 1 aliphatic rings. The van der Waals surface area contributed by atoms with E-state index in [9.17, 15) is 5.21 Å². The molecule has 0 radical (unpaired) electrons. The molecule has 0 spiro atoms. The number of hydrogen-bond acceptors (Lipinski definition) is 1. The lowest BCUT2D eigenvalue weighted by Gasteiger charge is -1.94. The van der Waals surface area contributed by atoms with Gasteiger partial charge in [-0.3, -0.25) is 0 Å². The van der Waals surface area contributed by atoms with E-state index in [0.717, 1.165) is 33.5 Å². The summed E-state index contributed by atoms with van der Waals surface area (Å²) in [6, 6.07) is 15.9. The number of aromatic nitrogens is 4. The van der Waals surface area contributed by atoms with Crippen molar-refractivity contribution in [3.05, 3.63) is 92.7 Å². The third-order valence-electron chi connectivity index (χ3n) is 4.34. The van der Waals surface area contributed by atoms with Crippen LogP contribution in [0.5, 0.6) is 0 Å². The fourth-order valence-electron chi connectivity index (χ4n) is 3.13. The van der Waals surface area contributed by atoms with E-state index in [1.807, 2.05) is 48.6 Å². The Labute approximate surface area is 142 Å². The molecule has 4 N–H and O–H groups in total. The summed E-state index contributed by atoms with van der Waals surface area (Å²) in [6.45, 7) is 0. The number of aromatic amines is 3. The molecule has 0 unspecified atom stereocenters. The molecule has 0 saturated carbocycles. The van der Waals surface area contributed by atoms with Gasteiger partial charge in [0.15, 0.2) is 0 Å². The molecule has 5 heteroatoms. The summed E-state index contributed by atoms with van der Waals surface area (Å²) in [4.78, 5) is 10.1. The maximum absolute atomic E-state index is 10.4. The lowest BCUT2D eigenvalue weighted by molar-refractivity contribution is 0.171. The van der Waals surface area contributed by atoms with Gasteiger partial charge in [-0.2, -0.15) is 4.73 Å². The zero-order valence-corrected chi connectivity index (χ0v) is 13.3. The Balaban J connectivity index is 1.82. The minimum absolute atomic E-state index is 0.715. The third kappa shape index (κ3) is 2.52. The topological polar surface area (TPSA) is 72.5 Å². The Kier molecular flexibility index (Phi) is 2.87. The van der Waals surface area contributed by atoms with Crippen molar-refractivity contribution < 1.29 is 5.21 Å². The Hall–Kier alpha value is -3.60. The number of nitrogens with zero attached hydrogens (tertiary/aromatic N) is 1. The molecule has 0 fully saturated rings. The Bertz CT molecular complexity index is 1210. The predicted molar refractivity (Wildman–Crippen MR) is 96.8 cm³/mol. The van der Waals surface area contributed by atoms with Crippen molar-refractivity contribution in [3.63, 3.8) is 0 Å². The van der Waals surface area contributed by atoms with Gasteiger partial charge < -0.3 is 20.2 Å². The first kappa shape index (κ1) is 13.8. The summed E-state index contributed by atoms with van der Waals surface area (Å²) in [6.07, 6.45) is 7.93. The second-order valence-electron chi connectivity index (χ2n) is 6.18. The average Bonchev–Trinajstić information content (AvgIpc) is 3.36. The smallest absolute Gasteiger partial charge is 0.0821 e. The maximum atomic E-state index is 10.4. The first-order valence-electron chi connectivity index (χ1n) is 8.10. The zero-order chi connectivity index (χ0) is 16.8. The highest BCUT2D eigenvalue weighted by Gasteiger charge is 2.00. The minimum atomic E-state index is 0.715. The van der Waals surface area contributed by atoms with Gasteiger partial charge in [-0.05, 0) is 72.8 Å². The molecule has 5 nitrogen and oxygen atoms in total. The van der Waals surface area contributed by atoms with E-state index < -0.39 is 0 Å². The fraction of sp³-hybridized carbons (Fsp3) is 0. The van der Waals surface area contributed by atoms with E-state index in [1.165, 1.54) is 4.73 Å². The summed E-state index contributed by atoms with van der Waals surface area (Å²) in [7, 11) is 0. The summed E-state index contributed by atoms with van der Waals surface area (Å²) in [5.74, 6) is 0. The fourth-order valence-corrected chi connectivity index (χ4v) is 3.13. The van der Waals surface area contributed by atoms with Crippen LogP contribution < -0.4 is 21.4 Å². The molecule has 0 aliphatic carbocycles. The largest absolute Gasteiger partial charge is 0.428 e. The molecule has 122 valence electrons. The van der Waals surface area contributed by atoms with Crippen molar-refractivity contribution in [2.75, 3.05) is 0 Å². The molecule has 0 aromatic carbocycles. The van der Waals surface area contributed by atoms with E-state index in [0.29, 0.717) is 10.7 Å². The van der Waals surface area contributed by atoms with Crippen molar-refractivity contribution in [1.82, 2.24) is 19.7 Å². The van der Waals surface area contributed by atoms with Gasteiger partial charge in [0.2, 0.25) is 0 Å². The van der Waals surface area contributed by atoms with Crippen molar-refractivity contribution in [3.8, 4) is 0 Å². The first-order chi connectivity index (χ1) is 12.2. The Morgan fingerprint density at radius 1 is 0.520 bits per heavy atom. The van der Waals surface area contributed by atoms with Crippen LogP contribution in [0.4, 0.5) is 0 Å². The number of fused-ring (bicyclic) bond motifs is 8. The van der Waals surface area contributed by atoms with Crippen molar-refractivity contribution in [2.45, 2.75) is 0 Å². The van der Waals surface area contributed by atoms with E-state index in [2.05, 4.69) is 39.2 Å². The second kappa shape index (κ2) is 5.21. The van der Waals surface area contributed by atoms with Crippen LogP contribution in [0.1, 0.15) is 22.8 Å². The SMILES string of the molecule is On1c2ccc1=Cc1ccc([nH]1)C=c1ccc([nH]1)=Cc1ccc([nH]1)C=2. The van der Waals surface area contributed by atoms with Gasteiger partial charge in [0.05, 0.1) is 10.7 Å². The van der Waals surface area contributed by atoms with Gasteiger partial charge in [-0.1, -0.05) is 0 Å². The molecular formula is C20H16N4O. The number of H-pyrrole nitrogens is 3. The molecule has 4 aromatic heterocycles. The Morgan fingerprint density at radius 3 is 1.44 bits per heavy atom. The molecule has 4 aromatic rings. The lowest BCUT2D eigenvalue weighted by atomic mass is 10.3. The molecule has 1 aliphatic heterocycles. The van der Waals surface area contributed by atoms with E-state index in [4.69, 9.17) is 0 Å². The van der Waals surface area contributed by atoms with E-state index in [-0.39, 0.29) is 0 Å². The van der Waals surface area contributed by atoms with Gasteiger partial charge >= 0.3 is 0 Å². The van der Waals surface area contributed by atoms with Gasteiger partial charge in [-0.25, -0.2) is 0 Å². The summed E-state index contributed by atoms with van der Waals surface area (Å²) in [5.41, 5.74) is 3.85. The second-order valence-corrected chi connectivity index (χ2v) is 6.18. The van der Waals surface area contributed by atoms with Gasteiger partial charge in [0, 0.05) is 33.5 Å². The molecule has 25 heavy (non-hydrogen) atoms. The summed E-state index contributed by atoms with van der Waals surface area (Å²) < 4.78 is 1.19. The summed E-state index contributed by atoms with van der Waals surface area (Å²) >= 11 is 0. The van der Waals surface area contributed by atoms with Crippen LogP contribution in [0.3, 0.4) is 0 Å². The highest BCUT2D eigenvalue weighted by Crippen LogP contribution is 2.04. The first-order valence-corrected chi connectivity index (χ1v) is 8.10. The van der Waals surface area contributed by atoms with Crippen LogP contribution in [0.25, 0.3) is 24.3 Å². The van der Waals surface area contributed by atoms with Crippen LogP contribution in [0.2, 0.25) is 0 Å². The number of nitrogens with one attached hydrogen (secondary N) is 3. The molecule has 0 amide bonds. The normalized spacial score (nSPS) is 12.6. The quantitative estimate of drug-likeness (QED) is 0.304. The third-order valence-corrected chi connectivity index (χ3v) is 4.34. The highest BCUT2D eigenvalue weighted by molar-refractivity contribution is 5.54. The van der Waals surface area contributed by atoms with Crippen LogP contribution in [-0.2, 0) is 0 Å². The minimum Gasteiger partial charge on any atom is -0.428 e. The molecular weight excluding hydrogens is 312 g/mol. The van der Waals surface area contributed by atoms with Crippen molar-refractivity contribution in [1.29, 1.82) is 0 Å². The molecule has 0 saturated heterocycles. The standard InChI is InChI=1S/C20H16N4O/c25-24-19-7-8-20(24)12-18-6-4-16(23-18)10-14-2-1-13(21-14)9-15-3-5-17(11-19)22-15/h1-12,21-23,25H. The van der Waals surface area contributed by atoms with Crippen LogP contribution in [0.15, 0.2) is 48.5 Å². The van der Waals surface area contributed by atoms with Crippen molar-refractivity contribution in [2.24, 2.45) is 0 Å². The van der Waals surface area contributed by atoms with Gasteiger partial charge in [0.25, 0.3) is 0 Å². The summed E-state index contributed by atoms with van der Waals surface area (Å²) in [5, 5.41) is 13.9. The molecule has 5 heterocycles. The van der Waals surface area contributed by atoms with Gasteiger partial charge in [0.1, 0.15) is 0 Å². The Morgan fingerprint density at radius 2 is 0.960 bits per heavy atom. The molecule has 5 rings (SSSR count). The van der Waals surface area contributed by atoms with Crippen LogP contribution in [-0.4, -0.2) is 24.9 Å². The maximum Gasteiger partial charge on any atom is 0.0821 e. The zero-order valence-electron chi connectivity index (χ0n) is 13.3.